The molecule has 12 heavy (non-hydrogen) atoms. The van der Waals surface area contributed by atoms with E-state index in [9.17, 15) is 0 Å². The van der Waals surface area contributed by atoms with Gasteiger partial charge in [0.1, 0.15) is 0 Å². The average Bonchev–Trinajstić information content (AvgIpc) is 1.85. The van der Waals surface area contributed by atoms with Crippen molar-refractivity contribution in [1.29, 1.82) is 0 Å². The summed E-state index contributed by atoms with van der Waals surface area (Å²) in [6.07, 6.45) is 0. The van der Waals surface area contributed by atoms with E-state index in [1.54, 1.807) is 0 Å². The Balaban J connectivity index is 0.000000217. The highest BCUT2D eigenvalue weighted by Gasteiger charge is 1.84. The second-order valence-corrected chi connectivity index (χ2v) is 3.00. The summed E-state index contributed by atoms with van der Waals surface area (Å²) >= 11 is 0. The standard InChI is InChI=1S/C7H8.H2O4S/c1-7-5-3-2-4-6-7;1-5(2,3)4/h2-6H,1H3;(H2,1,2,3,4). The Morgan fingerprint density at radius 3 is 1.58 bits per heavy atom. The molecule has 0 amide bonds. The highest BCUT2D eigenvalue weighted by atomic mass is 32.3. The molecule has 5 heteroatoms. The smallest absolute Gasteiger partial charge is 0.264 e. The lowest BCUT2D eigenvalue weighted by Crippen LogP contribution is -1.89. The fourth-order valence-corrected chi connectivity index (χ4v) is 0.534. The van der Waals surface area contributed by atoms with E-state index in [1.807, 2.05) is 18.2 Å². The summed E-state index contributed by atoms with van der Waals surface area (Å²) < 4.78 is 31.6. The Morgan fingerprint density at radius 1 is 1.08 bits per heavy atom. The van der Waals surface area contributed by atoms with E-state index in [0.29, 0.717) is 0 Å². The molecule has 0 saturated heterocycles. The van der Waals surface area contributed by atoms with Crippen LogP contribution in [0.5, 0.6) is 0 Å². The summed E-state index contributed by atoms with van der Waals surface area (Å²) in [5.74, 6) is 0. The van der Waals surface area contributed by atoms with Crippen LogP contribution in [0.4, 0.5) is 0 Å². The van der Waals surface area contributed by atoms with Gasteiger partial charge in [0.05, 0.1) is 0 Å². The van der Waals surface area contributed by atoms with Crippen molar-refractivity contribution in [3.63, 3.8) is 0 Å². The molecule has 0 unspecified atom stereocenters. The molecular weight excluding hydrogens is 180 g/mol. The first-order chi connectivity index (χ1) is 5.39. The van der Waals surface area contributed by atoms with Gasteiger partial charge in [-0.15, -0.1) is 0 Å². The lowest BCUT2D eigenvalue weighted by atomic mass is 10.2. The molecule has 68 valence electrons. The average molecular weight is 190 g/mol. The van der Waals surface area contributed by atoms with Gasteiger partial charge < -0.3 is 0 Å². The minimum absolute atomic E-state index is 1.32. The van der Waals surface area contributed by atoms with Crippen molar-refractivity contribution in [2.75, 3.05) is 0 Å². The van der Waals surface area contributed by atoms with E-state index in [1.165, 1.54) is 5.56 Å². The Hall–Kier alpha value is -0.910. The zero-order valence-corrected chi connectivity index (χ0v) is 7.32. The molecule has 1 rings (SSSR count). The number of hydrogen-bond acceptors (Lipinski definition) is 2. The van der Waals surface area contributed by atoms with Gasteiger partial charge in [-0.25, -0.2) is 0 Å². The van der Waals surface area contributed by atoms with Gasteiger partial charge in [0.2, 0.25) is 0 Å². The third kappa shape index (κ3) is 11.8. The van der Waals surface area contributed by atoms with E-state index < -0.39 is 10.4 Å². The van der Waals surface area contributed by atoms with Crippen LogP contribution in [0.15, 0.2) is 30.3 Å². The van der Waals surface area contributed by atoms with Crippen molar-refractivity contribution in [3.8, 4) is 0 Å². The Morgan fingerprint density at radius 2 is 1.42 bits per heavy atom. The third-order valence-electron chi connectivity index (χ3n) is 0.940. The number of rotatable bonds is 0. The molecule has 0 fully saturated rings. The van der Waals surface area contributed by atoms with E-state index >= 15 is 0 Å². The van der Waals surface area contributed by atoms with Crippen LogP contribution in [0, 0.1) is 6.92 Å². The SMILES string of the molecule is Cc1ccccc1.O=S(=O)(O)O. The molecule has 0 bridgehead atoms. The maximum absolute atomic E-state index is 8.74. The van der Waals surface area contributed by atoms with Crippen LogP contribution in [0.2, 0.25) is 0 Å². The summed E-state index contributed by atoms with van der Waals surface area (Å²) in [6, 6.07) is 10.3. The van der Waals surface area contributed by atoms with Crippen molar-refractivity contribution in [2.45, 2.75) is 6.92 Å². The Bertz CT molecular complexity index is 295. The van der Waals surface area contributed by atoms with E-state index in [4.69, 9.17) is 17.5 Å². The van der Waals surface area contributed by atoms with E-state index in [2.05, 4.69) is 19.1 Å². The van der Waals surface area contributed by atoms with Crippen LogP contribution in [0.3, 0.4) is 0 Å². The summed E-state index contributed by atoms with van der Waals surface area (Å²) in [7, 11) is -4.67. The molecule has 1 aromatic rings. The molecule has 4 nitrogen and oxygen atoms in total. The minimum atomic E-state index is -4.67. The van der Waals surface area contributed by atoms with Crippen molar-refractivity contribution in [1.82, 2.24) is 0 Å². The van der Waals surface area contributed by atoms with Crippen LogP contribution in [0.25, 0.3) is 0 Å². The quantitative estimate of drug-likeness (QED) is 0.605. The maximum Gasteiger partial charge on any atom is 0.394 e. The van der Waals surface area contributed by atoms with Crippen molar-refractivity contribution in [2.24, 2.45) is 0 Å². The van der Waals surface area contributed by atoms with Crippen molar-refractivity contribution < 1.29 is 17.5 Å². The second kappa shape index (κ2) is 4.87. The van der Waals surface area contributed by atoms with Crippen LogP contribution in [-0.2, 0) is 10.4 Å². The lowest BCUT2D eigenvalue weighted by molar-refractivity contribution is 0.381. The molecular formula is C7H10O4S. The van der Waals surface area contributed by atoms with Crippen LogP contribution < -0.4 is 0 Å². The van der Waals surface area contributed by atoms with Gasteiger partial charge in [-0.2, -0.15) is 8.42 Å². The number of hydrogen-bond donors (Lipinski definition) is 2. The molecule has 1 aromatic carbocycles. The van der Waals surface area contributed by atoms with Gasteiger partial charge in [-0.05, 0) is 6.92 Å². The van der Waals surface area contributed by atoms with Gasteiger partial charge in [-0.3, -0.25) is 9.11 Å². The Labute approximate surface area is 71.4 Å². The first-order valence-electron chi connectivity index (χ1n) is 3.11. The predicted molar refractivity (Wildman–Crippen MR) is 45.4 cm³/mol. The minimum Gasteiger partial charge on any atom is -0.264 e. The highest BCUT2D eigenvalue weighted by molar-refractivity contribution is 7.79. The van der Waals surface area contributed by atoms with Gasteiger partial charge in [-0.1, -0.05) is 35.9 Å². The molecule has 2 N–H and O–H groups in total. The van der Waals surface area contributed by atoms with Crippen LogP contribution in [0.1, 0.15) is 5.56 Å². The van der Waals surface area contributed by atoms with E-state index in [-0.39, 0.29) is 0 Å². The largest absolute Gasteiger partial charge is 0.394 e. The molecule has 0 aliphatic heterocycles. The van der Waals surface area contributed by atoms with Crippen LogP contribution >= 0.6 is 0 Å². The normalized spacial score (nSPS) is 9.92. The highest BCUT2D eigenvalue weighted by Crippen LogP contribution is 1.92. The molecule has 0 aliphatic carbocycles. The molecule has 0 atom stereocenters. The van der Waals surface area contributed by atoms with Gasteiger partial charge >= 0.3 is 10.4 Å². The van der Waals surface area contributed by atoms with E-state index in [0.717, 1.165) is 0 Å². The Kier molecular flexibility index (Phi) is 4.50. The molecule has 0 aromatic heterocycles. The molecule has 0 spiro atoms. The topological polar surface area (TPSA) is 74.6 Å². The second-order valence-electron chi connectivity index (χ2n) is 2.10. The maximum atomic E-state index is 8.74. The fraction of sp³-hybridized carbons (Fsp3) is 0.143. The lowest BCUT2D eigenvalue weighted by Gasteiger charge is -1.82. The van der Waals surface area contributed by atoms with Gasteiger partial charge in [0.15, 0.2) is 0 Å². The van der Waals surface area contributed by atoms with Crippen molar-refractivity contribution >= 4 is 10.4 Å². The van der Waals surface area contributed by atoms with Gasteiger partial charge in [0, 0.05) is 0 Å². The van der Waals surface area contributed by atoms with Crippen LogP contribution in [-0.4, -0.2) is 17.5 Å². The molecule has 0 saturated carbocycles. The monoisotopic (exact) mass is 190 g/mol. The van der Waals surface area contributed by atoms with Crippen molar-refractivity contribution in [3.05, 3.63) is 35.9 Å². The molecule has 0 heterocycles. The third-order valence-corrected chi connectivity index (χ3v) is 0.940. The zero-order valence-electron chi connectivity index (χ0n) is 6.51. The first-order valence-corrected chi connectivity index (χ1v) is 4.51. The fourth-order valence-electron chi connectivity index (χ4n) is 0.534. The number of benzene rings is 1. The number of aryl methyl sites for hydroxylation is 1. The van der Waals surface area contributed by atoms with Gasteiger partial charge in [0.25, 0.3) is 0 Å². The predicted octanol–water partition coefficient (Wildman–Crippen LogP) is 1.34. The zero-order chi connectivity index (χ0) is 9.61. The first kappa shape index (κ1) is 11.1. The summed E-state index contributed by atoms with van der Waals surface area (Å²) in [4.78, 5) is 0. The summed E-state index contributed by atoms with van der Waals surface area (Å²) in [6.45, 7) is 2.08. The molecule has 0 radical (unpaired) electrons. The summed E-state index contributed by atoms with van der Waals surface area (Å²) in [5, 5.41) is 0. The summed E-state index contributed by atoms with van der Waals surface area (Å²) in [5.41, 5.74) is 1.32. The molecule has 0 aliphatic rings.